The van der Waals surface area contributed by atoms with E-state index in [2.05, 4.69) is 5.32 Å². The first kappa shape index (κ1) is 16.2. The molecule has 1 atom stereocenters. The molecule has 0 aromatic heterocycles. The zero-order chi connectivity index (χ0) is 15.2. The molecule has 0 saturated carbocycles. The van der Waals surface area contributed by atoms with Crippen LogP contribution < -0.4 is 5.32 Å². The lowest BCUT2D eigenvalue weighted by atomic mass is 10.0. The summed E-state index contributed by atoms with van der Waals surface area (Å²) >= 11 is 0. The highest BCUT2D eigenvalue weighted by Crippen LogP contribution is 2.15. The van der Waals surface area contributed by atoms with Gasteiger partial charge in [-0.2, -0.15) is 0 Å². The van der Waals surface area contributed by atoms with Crippen LogP contribution in [0.25, 0.3) is 0 Å². The van der Waals surface area contributed by atoms with E-state index in [1.807, 2.05) is 30.3 Å². The second kappa shape index (κ2) is 7.05. The third kappa shape index (κ3) is 5.01. The minimum atomic E-state index is -1.99. The molecule has 20 heavy (non-hydrogen) atoms. The lowest BCUT2D eigenvalue weighted by Crippen LogP contribution is -2.55. The predicted molar refractivity (Wildman–Crippen MR) is 74.8 cm³/mol. The molecule has 0 radical (unpaired) electrons. The molecule has 1 aromatic carbocycles. The fourth-order valence-corrected chi connectivity index (χ4v) is 1.79. The van der Waals surface area contributed by atoms with E-state index in [1.165, 1.54) is 6.92 Å². The van der Waals surface area contributed by atoms with Crippen molar-refractivity contribution in [2.45, 2.75) is 45.4 Å². The number of carbonyl (C=O) groups is 2. The summed E-state index contributed by atoms with van der Waals surface area (Å²) in [4.78, 5) is 23.1. The standard InChI is InChI=1S/C15H21NO4/c1-11(2)20-14(18)15(19,16-12(3)17)10-9-13-7-5-4-6-8-13/h4-8,11,19H,9-10H2,1-3H3,(H,16,17). The van der Waals surface area contributed by atoms with Crippen molar-refractivity contribution in [1.82, 2.24) is 5.32 Å². The Morgan fingerprint density at radius 3 is 2.40 bits per heavy atom. The fraction of sp³-hybridized carbons (Fsp3) is 0.467. The predicted octanol–water partition coefficient (Wildman–Crippen LogP) is 1.40. The van der Waals surface area contributed by atoms with E-state index in [9.17, 15) is 14.7 Å². The summed E-state index contributed by atoms with van der Waals surface area (Å²) in [6.07, 6.45) is 0.145. The molecule has 0 bridgehead atoms. The van der Waals surface area contributed by atoms with Crippen LogP contribution in [0.2, 0.25) is 0 Å². The van der Waals surface area contributed by atoms with Gasteiger partial charge in [0.1, 0.15) is 0 Å². The monoisotopic (exact) mass is 279 g/mol. The maximum atomic E-state index is 11.9. The maximum Gasteiger partial charge on any atom is 0.359 e. The van der Waals surface area contributed by atoms with Gasteiger partial charge in [-0.15, -0.1) is 0 Å². The Balaban J connectivity index is 2.77. The Morgan fingerprint density at radius 1 is 1.30 bits per heavy atom. The van der Waals surface area contributed by atoms with Crippen molar-refractivity contribution < 1.29 is 19.4 Å². The number of amides is 1. The first-order valence-corrected chi connectivity index (χ1v) is 6.59. The molecule has 1 rings (SSSR count). The topological polar surface area (TPSA) is 75.6 Å². The van der Waals surface area contributed by atoms with Gasteiger partial charge < -0.3 is 15.2 Å². The summed E-state index contributed by atoms with van der Waals surface area (Å²) in [5.74, 6) is -1.32. The molecule has 0 fully saturated rings. The minimum absolute atomic E-state index is 0.0577. The maximum absolute atomic E-state index is 11.9. The van der Waals surface area contributed by atoms with Gasteiger partial charge in [-0.3, -0.25) is 4.79 Å². The quantitative estimate of drug-likeness (QED) is 0.609. The van der Waals surface area contributed by atoms with E-state index in [0.717, 1.165) is 5.56 Å². The molecular weight excluding hydrogens is 258 g/mol. The lowest BCUT2D eigenvalue weighted by Gasteiger charge is -2.27. The number of esters is 1. The third-order valence-electron chi connectivity index (χ3n) is 2.68. The molecule has 0 heterocycles. The van der Waals surface area contributed by atoms with Crippen LogP contribution in [0.3, 0.4) is 0 Å². The van der Waals surface area contributed by atoms with Gasteiger partial charge in [-0.1, -0.05) is 30.3 Å². The molecule has 0 aliphatic heterocycles. The summed E-state index contributed by atoms with van der Waals surface area (Å²) in [6.45, 7) is 4.61. The van der Waals surface area contributed by atoms with Crippen LogP contribution in [0.5, 0.6) is 0 Å². The van der Waals surface area contributed by atoms with Crippen LogP contribution in [0.1, 0.15) is 32.8 Å². The Kier molecular flexibility index (Phi) is 5.70. The van der Waals surface area contributed by atoms with Gasteiger partial charge in [0.25, 0.3) is 0 Å². The summed E-state index contributed by atoms with van der Waals surface area (Å²) in [7, 11) is 0. The second-order valence-electron chi connectivity index (χ2n) is 4.98. The number of carbonyl (C=O) groups excluding carboxylic acids is 2. The highest BCUT2D eigenvalue weighted by atomic mass is 16.6. The summed E-state index contributed by atoms with van der Waals surface area (Å²) in [6, 6.07) is 9.42. The Labute approximate surface area is 118 Å². The molecule has 1 unspecified atom stereocenters. The van der Waals surface area contributed by atoms with Crippen LogP contribution in [-0.4, -0.2) is 28.8 Å². The van der Waals surface area contributed by atoms with Gasteiger partial charge in [0, 0.05) is 13.3 Å². The zero-order valence-electron chi connectivity index (χ0n) is 12.1. The van der Waals surface area contributed by atoms with Crippen molar-refractivity contribution in [3.05, 3.63) is 35.9 Å². The van der Waals surface area contributed by atoms with Gasteiger partial charge >= 0.3 is 5.97 Å². The van der Waals surface area contributed by atoms with E-state index < -0.39 is 17.6 Å². The Morgan fingerprint density at radius 2 is 1.90 bits per heavy atom. The number of aryl methyl sites for hydroxylation is 1. The van der Waals surface area contributed by atoms with Crippen LogP contribution >= 0.6 is 0 Å². The molecule has 1 aromatic rings. The first-order chi connectivity index (χ1) is 9.33. The van der Waals surface area contributed by atoms with E-state index in [4.69, 9.17) is 4.74 Å². The third-order valence-corrected chi connectivity index (χ3v) is 2.68. The molecule has 5 nitrogen and oxygen atoms in total. The van der Waals surface area contributed by atoms with Crippen molar-refractivity contribution in [1.29, 1.82) is 0 Å². The van der Waals surface area contributed by atoms with Crippen molar-refractivity contribution in [3.8, 4) is 0 Å². The number of rotatable bonds is 6. The molecular formula is C15H21NO4. The van der Waals surface area contributed by atoms with Gasteiger partial charge in [0.15, 0.2) is 0 Å². The lowest BCUT2D eigenvalue weighted by molar-refractivity contribution is -0.176. The molecule has 0 spiro atoms. The number of benzene rings is 1. The molecule has 5 heteroatoms. The molecule has 2 N–H and O–H groups in total. The van der Waals surface area contributed by atoms with Crippen LogP contribution in [0.15, 0.2) is 30.3 Å². The van der Waals surface area contributed by atoms with Crippen LogP contribution in [0, 0.1) is 0 Å². The molecule has 0 aliphatic rings. The minimum Gasteiger partial charge on any atom is -0.459 e. The van der Waals surface area contributed by atoms with Crippen molar-refractivity contribution in [3.63, 3.8) is 0 Å². The van der Waals surface area contributed by atoms with E-state index in [-0.39, 0.29) is 12.5 Å². The average Bonchev–Trinajstić information content (AvgIpc) is 2.36. The van der Waals surface area contributed by atoms with Gasteiger partial charge in [-0.25, -0.2) is 4.79 Å². The Hall–Kier alpha value is -1.88. The summed E-state index contributed by atoms with van der Waals surface area (Å²) < 4.78 is 5.00. The first-order valence-electron chi connectivity index (χ1n) is 6.59. The molecule has 110 valence electrons. The number of ether oxygens (including phenoxy) is 1. The largest absolute Gasteiger partial charge is 0.459 e. The van der Waals surface area contributed by atoms with Crippen molar-refractivity contribution in [2.75, 3.05) is 0 Å². The molecule has 0 saturated heterocycles. The zero-order valence-corrected chi connectivity index (χ0v) is 12.1. The van der Waals surface area contributed by atoms with Crippen molar-refractivity contribution >= 4 is 11.9 Å². The average molecular weight is 279 g/mol. The number of nitrogens with one attached hydrogen (secondary N) is 1. The van der Waals surface area contributed by atoms with Crippen molar-refractivity contribution in [2.24, 2.45) is 0 Å². The summed E-state index contributed by atoms with van der Waals surface area (Å²) in [5, 5.41) is 12.6. The Bertz CT molecular complexity index is 458. The number of hydrogen-bond donors (Lipinski definition) is 2. The smallest absolute Gasteiger partial charge is 0.359 e. The van der Waals surface area contributed by atoms with E-state index in [1.54, 1.807) is 13.8 Å². The van der Waals surface area contributed by atoms with E-state index >= 15 is 0 Å². The van der Waals surface area contributed by atoms with E-state index in [0.29, 0.717) is 6.42 Å². The fourth-order valence-electron chi connectivity index (χ4n) is 1.79. The SMILES string of the molecule is CC(=O)NC(O)(CCc1ccccc1)C(=O)OC(C)C. The molecule has 1 amide bonds. The molecule has 0 aliphatic carbocycles. The van der Waals surface area contributed by atoms with Crippen LogP contribution in [0.4, 0.5) is 0 Å². The summed E-state index contributed by atoms with van der Waals surface area (Å²) in [5.41, 5.74) is -1.03. The number of hydrogen-bond acceptors (Lipinski definition) is 4. The van der Waals surface area contributed by atoms with Gasteiger partial charge in [0.2, 0.25) is 11.6 Å². The number of aliphatic hydroxyl groups is 1. The van der Waals surface area contributed by atoms with Crippen LogP contribution in [-0.2, 0) is 20.7 Å². The second-order valence-corrected chi connectivity index (χ2v) is 4.98. The highest BCUT2D eigenvalue weighted by Gasteiger charge is 2.38. The highest BCUT2D eigenvalue weighted by molar-refractivity contribution is 5.85. The van der Waals surface area contributed by atoms with Gasteiger partial charge in [-0.05, 0) is 25.8 Å². The normalized spacial score (nSPS) is 13.7. The van der Waals surface area contributed by atoms with Gasteiger partial charge in [0.05, 0.1) is 6.10 Å².